The second-order valence-electron chi connectivity index (χ2n) is 4.99. The average molecular weight is 476 g/mol. The second-order valence-corrected chi connectivity index (χ2v) is 8.04. The first-order valence-corrected chi connectivity index (χ1v) is 9.51. The molecule has 1 aromatic carbocycles. The molecule has 1 N–H and O–H groups in total. The molecular formula is C12H10F6O9S2. The van der Waals surface area contributed by atoms with Crippen LogP contribution in [0, 0.1) is 0 Å². The maximum absolute atomic E-state index is 13.9. The van der Waals surface area contributed by atoms with Crippen molar-refractivity contribution in [1.29, 1.82) is 0 Å². The summed E-state index contributed by atoms with van der Waals surface area (Å²) in [4.78, 5) is 10.8. The number of hydrogen-bond donors (Lipinski definition) is 1. The number of aldehydes is 1. The highest BCUT2D eigenvalue weighted by Crippen LogP contribution is 2.52. The number of rotatable bonds is 9. The monoisotopic (exact) mass is 476 g/mol. The van der Waals surface area contributed by atoms with Gasteiger partial charge in [-0.15, -0.1) is 0 Å². The minimum atomic E-state index is -7.18. The van der Waals surface area contributed by atoms with E-state index in [1.54, 1.807) is 0 Å². The molecule has 166 valence electrons. The molecule has 1 aromatic rings. The van der Waals surface area contributed by atoms with Gasteiger partial charge in [0.1, 0.15) is 6.29 Å². The van der Waals surface area contributed by atoms with Crippen LogP contribution in [0.1, 0.15) is 10.4 Å². The molecule has 0 aliphatic rings. The quantitative estimate of drug-likeness (QED) is 0.246. The van der Waals surface area contributed by atoms with Crippen molar-refractivity contribution < 1.29 is 66.2 Å². The summed E-state index contributed by atoms with van der Waals surface area (Å²) < 4.78 is 146. The molecule has 0 bridgehead atoms. The fourth-order valence-electron chi connectivity index (χ4n) is 1.70. The fourth-order valence-corrected chi connectivity index (χ4v) is 3.15. The third-order valence-electron chi connectivity index (χ3n) is 3.18. The molecule has 9 nitrogen and oxygen atoms in total. The highest BCUT2D eigenvalue weighted by Gasteiger charge is 2.83. The molecule has 29 heavy (non-hydrogen) atoms. The van der Waals surface area contributed by atoms with Crippen LogP contribution < -0.4 is 13.7 Å². The first-order valence-electron chi connectivity index (χ1n) is 6.67. The molecule has 0 amide bonds. The van der Waals surface area contributed by atoms with E-state index in [2.05, 4.69) is 13.7 Å². The van der Waals surface area contributed by atoms with E-state index in [4.69, 9.17) is 4.55 Å². The lowest BCUT2D eigenvalue weighted by Crippen LogP contribution is -2.61. The van der Waals surface area contributed by atoms with Crippen LogP contribution in [0.15, 0.2) is 12.1 Å². The molecule has 17 heteroatoms. The van der Waals surface area contributed by atoms with Gasteiger partial charge in [-0.3, -0.25) is 9.35 Å². The molecule has 0 aliphatic heterocycles. The first-order chi connectivity index (χ1) is 12.9. The van der Waals surface area contributed by atoms with Crippen molar-refractivity contribution in [2.75, 3.05) is 14.2 Å². The molecule has 0 atom stereocenters. The van der Waals surface area contributed by atoms with E-state index in [-0.39, 0.29) is 11.8 Å². The second kappa shape index (κ2) is 7.52. The van der Waals surface area contributed by atoms with E-state index in [0.717, 1.165) is 14.2 Å². The lowest BCUT2D eigenvalue weighted by atomic mass is 10.2. The van der Waals surface area contributed by atoms with Crippen LogP contribution >= 0.6 is 0 Å². The van der Waals surface area contributed by atoms with Crippen molar-refractivity contribution >= 4 is 26.5 Å². The Morgan fingerprint density at radius 2 is 1.31 bits per heavy atom. The van der Waals surface area contributed by atoms with Gasteiger partial charge >= 0.3 is 36.7 Å². The van der Waals surface area contributed by atoms with Crippen LogP contribution in [0.4, 0.5) is 26.3 Å². The summed E-state index contributed by atoms with van der Waals surface area (Å²) in [6, 6.07) is 1.40. The van der Waals surface area contributed by atoms with E-state index < -0.39 is 53.9 Å². The van der Waals surface area contributed by atoms with Gasteiger partial charge in [0.25, 0.3) is 0 Å². The van der Waals surface area contributed by atoms with E-state index in [1.807, 2.05) is 0 Å². The van der Waals surface area contributed by atoms with Crippen molar-refractivity contribution in [2.45, 2.75) is 16.4 Å². The van der Waals surface area contributed by atoms with Crippen molar-refractivity contribution in [3.63, 3.8) is 0 Å². The molecule has 1 rings (SSSR count). The van der Waals surface area contributed by atoms with Gasteiger partial charge in [0.15, 0.2) is 11.5 Å². The minimum Gasteiger partial charge on any atom is -0.493 e. The minimum absolute atomic E-state index is 0.165. The summed E-state index contributed by atoms with van der Waals surface area (Å²) in [7, 11) is -12.7. The predicted molar refractivity (Wildman–Crippen MR) is 80.9 cm³/mol. The highest BCUT2D eigenvalue weighted by atomic mass is 32.2. The number of ether oxygens (including phenoxy) is 2. The van der Waals surface area contributed by atoms with Crippen LogP contribution in [-0.2, 0) is 20.2 Å². The Morgan fingerprint density at radius 3 is 1.62 bits per heavy atom. The van der Waals surface area contributed by atoms with Crippen LogP contribution in [0.25, 0.3) is 0 Å². The Hall–Kier alpha value is -2.27. The number of carbonyl (C=O) groups is 1. The number of carbonyl (C=O) groups excluding carboxylic acids is 1. The summed E-state index contributed by atoms with van der Waals surface area (Å²) in [6.07, 6.45) is 0.165. The molecule has 0 aliphatic carbocycles. The number of hydrogen-bond acceptors (Lipinski definition) is 8. The predicted octanol–water partition coefficient (Wildman–Crippen LogP) is 1.93. The van der Waals surface area contributed by atoms with Crippen molar-refractivity contribution in [3.05, 3.63) is 17.7 Å². The van der Waals surface area contributed by atoms with Crippen molar-refractivity contribution in [3.8, 4) is 17.2 Å². The Morgan fingerprint density at radius 1 is 0.897 bits per heavy atom. The average Bonchev–Trinajstić information content (AvgIpc) is 2.59. The Bertz CT molecular complexity index is 980. The first kappa shape index (κ1) is 24.8. The third kappa shape index (κ3) is 3.93. The van der Waals surface area contributed by atoms with Gasteiger partial charge in [-0.05, 0) is 12.1 Å². The van der Waals surface area contributed by atoms with E-state index in [1.165, 1.54) is 0 Å². The van der Waals surface area contributed by atoms with E-state index in [0.29, 0.717) is 12.1 Å². The maximum atomic E-state index is 13.9. The largest absolute Gasteiger partial charge is 0.493 e. The molecule has 0 radical (unpaired) electrons. The Balaban J connectivity index is 3.64. The standard InChI is InChI=1S/C12H10F6O9S2/c1-25-7-3-6(5-19)4-8(26-2)9(7)27-29(23,24)12(17,18)10(13,14)11(15,16)28(20,21)22/h3-5H,1-2H3,(H,20,21,22). The Labute approximate surface area is 159 Å². The number of alkyl halides is 6. The smallest absolute Gasteiger partial charge is 0.450 e. The van der Waals surface area contributed by atoms with Gasteiger partial charge in [0, 0.05) is 5.56 Å². The molecule has 0 fully saturated rings. The zero-order valence-electron chi connectivity index (χ0n) is 14.0. The van der Waals surface area contributed by atoms with Gasteiger partial charge in [-0.25, -0.2) is 0 Å². The SMILES string of the molecule is COc1cc(C=O)cc(OC)c1OS(=O)(=O)C(F)(F)C(F)(F)C(F)(F)S(=O)(=O)O. The zero-order valence-corrected chi connectivity index (χ0v) is 15.7. The summed E-state index contributed by atoms with van der Waals surface area (Å²) in [5.41, 5.74) is -0.279. The van der Waals surface area contributed by atoms with Crippen molar-refractivity contribution in [1.82, 2.24) is 0 Å². The molecule has 0 spiro atoms. The third-order valence-corrected chi connectivity index (χ3v) is 5.36. The molecule has 0 heterocycles. The Kier molecular flexibility index (Phi) is 6.43. The molecular weight excluding hydrogens is 466 g/mol. The van der Waals surface area contributed by atoms with Crippen molar-refractivity contribution in [2.24, 2.45) is 0 Å². The summed E-state index contributed by atoms with van der Waals surface area (Å²) in [6.45, 7) is 0. The fraction of sp³-hybridized carbons (Fsp3) is 0.417. The van der Waals surface area contributed by atoms with Crippen LogP contribution in [0.2, 0.25) is 0 Å². The van der Waals surface area contributed by atoms with E-state index >= 15 is 0 Å². The number of benzene rings is 1. The van der Waals surface area contributed by atoms with Gasteiger partial charge in [-0.1, -0.05) is 0 Å². The molecule has 0 saturated carbocycles. The highest BCUT2D eigenvalue weighted by molar-refractivity contribution is 7.88. The summed E-state index contributed by atoms with van der Waals surface area (Å²) in [5, 5.41) is -13.8. The molecule has 0 aromatic heterocycles. The molecule has 0 unspecified atom stereocenters. The normalized spacial score (nSPS) is 13.7. The van der Waals surface area contributed by atoms with Crippen LogP contribution in [0.3, 0.4) is 0 Å². The lowest BCUT2D eigenvalue weighted by molar-refractivity contribution is -0.247. The zero-order chi connectivity index (χ0) is 23.1. The van der Waals surface area contributed by atoms with Gasteiger partial charge < -0.3 is 13.7 Å². The number of halogens is 6. The maximum Gasteiger partial charge on any atom is 0.450 e. The number of methoxy groups -OCH3 is 2. The lowest BCUT2D eigenvalue weighted by Gasteiger charge is -2.29. The van der Waals surface area contributed by atoms with Gasteiger partial charge in [-0.2, -0.15) is 43.2 Å². The van der Waals surface area contributed by atoms with Gasteiger partial charge in [0.2, 0.25) is 5.75 Å². The van der Waals surface area contributed by atoms with Gasteiger partial charge in [0.05, 0.1) is 14.2 Å². The van der Waals surface area contributed by atoms with Crippen LogP contribution in [0.5, 0.6) is 17.2 Å². The topological polar surface area (TPSA) is 133 Å². The summed E-state index contributed by atoms with van der Waals surface area (Å²) in [5.74, 6) is -10.2. The molecule has 0 saturated heterocycles. The van der Waals surface area contributed by atoms with Crippen LogP contribution in [-0.4, -0.2) is 58.3 Å². The summed E-state index contributed by atoms with van der Waals surface area (Å²) >= 11 is 0. The van der Waals surface area contributed by atoms with E-state index in [9.17, 15) is 48.0 Å².